The molecule has 0 amide bonds. The molecule has 0 fully saturated rings. The number of aromatic hydroxyl groups is 1. The number of ether oxygens (including phenoxy) is 1. The lowest BCUT2D eigenvalue weighted by atomic mass is 10.1. The lowest BCUT2D eigenvalue weighted by molar-refractivity contribution is -0.137. The van der Waals surface area contributed by atoms with Gasteiger partial charge in [0.15, 0.2) is 0 Å². The molecular weight excluding hydrogens is 354 g/mol. The van der Waals surface area contributed by atoms with Crippen LogP contribution in [0.4, 0.5) is 5.69 Å². The monoisotopic (exact) mass is 369 g/mol. The van der Waals surface area contributed by atoms with Crippen LogP contribution in [-0.2, 0) is 14.3 Å². The zero-order valence-corrected chi connectivity index (χ0v) is 14.9. The summed E-state index contributed by atoms with van der Waals surface area (Å²) in [7, 11) is 1.24. The number of allylic oxidation sites excluding steroid dienone is 2. The summed E-state index contributed by atoms with van der Waals surface area (Å²) in [6.07, 6.45) is 1.66. The normalized spacial score (nSPS) is 15.7. The van der Waals surface area contributed by atoms with Gasteiger partial charge in [0.1, 0.15) is 11.3 Å². The highest BCUT2D eigenvalue weighted by molar-refractivity contribution is 6.31. The molecule has 2 aromatic rings. The van der Waals surface area contributed by atoms with Crippen LogP contribution in [0.3, 0.4) is 0 Å². The maximum atomic E-state index is 12.9. The van der Waals surface area contributed by atoms with Gasteiger partial charge in [-0.1, -0.05) is 23.7 Å². The van der Waals surface area contributed by atoms with Gasteiger partial charge >= 0.3 is 5.97 Å². The molecule has 1 aliphatic heterocycles. The number of methoxy groups -OCH3 is 1. The number of carbonyl (C=O) groups excluding carboxylic acids is 2. The molecule has 0 atom stereocenters. The molecule has 132 valence electrons. The third kappa shape index (κ3) is 3.21. The summed E-state index contributed by atoms with van der Waals surface area (Å²) < 4.78 is 4.77. The van der Waals surface area contributed by atoms with Gasteiger partial charge in [-0.25, -0.2) is 4.79 Å². The van der Waals surface area contributed by atoms with Gasteiger partial charge in [-0.3, -0.25) is 4.79 Å². The van der Waals surface area contributed by atoms with Crippen molar-refractivity contribution in [2.75, 3.05) is 12.0 Å². The topological polar surface area (TPSA) is 66.8 Å². The van der Waals surface area contributed by atoms with E-state index in [1.807, 2.05) is 0 Å². The SMILES string of the molecule is COC(=O)C1=C(C)N(c2ccc(Cl)cc2)C(=Cc2ccc(O)cc2)C1=O. The summed E-state index contributed by atoms with van der Waals surface area (Å²) in [5.74, 6) is -0.970. The molecule has 0 aromatic heterocycles. The maximum absolute atomic E-state index is 12.9. The van der Waals surface area contributed by atoms with Gasteiger partial charge in [0.2, 0.25) is 5.78 Å². The predicted octanol–water partition coefficient (Wildman–Crippen LogP) is 3.92. The number of phenolic OH excluding ortho intramolecular Hbond substituents is 1. The maximum Gasteiger partial charge on any atom is 0.343 e. The van der Waals surface area contributed by atoms with E-state index >= 15 is 0 Å². The van der Waals surface area contributed by atoms with E-state index in [0.29, 0.717) is 27.7 Å². The van der Waals surface area contributed by atoms with Crippen LogP contribution in [0.15, 0.2) is 65.5 Å². The van der Waals surface area contributed by atoms with Gasteiger partial charge in [0.05, 0.1) is 12.8 Å². The van der Waals surface area contributed by atoms with Gasteiger partial charge < -0.3 is 14.7 Å². The molecule has 0 spiro atoms. The van der Waals surface area contributed by atoms with Gasteiger partial charge in [0, 0.05) is 16.4 Å². The van der Waals surface area contributed by atoms with E-state index in [4.69, 9.17) is 16.3 Å². The second-order valence-electron chi connectivity index (χ2n) is 5.71. The number of nitrogens with zero attached hydrogens (tertiary/aromatic N) is 1. The van der Waals surface area contributed by atoms with Gasteiger partial charge in [0.25, 0.3) is 0 Å². The van der Waals surface area contributed by atoms with E-state index in [1.165, 1.54) is 19.2 Å². The average molecular weight is 370 g/mol. The Labute approximate surface area is 155 Å². The van der Waals surface area contributed by atoms with Crippen molar-refractivity contribution in [1.29, 1.82) is 0 Å². The number of esters is 1. The van der Waals surface area contributed by atoms with Gasteiger partial charge in [-0.2, -0.15) is 0 Å². The zero-order valence-electron chi connectivity index (χ0n) is 14.2. The van der Waals surface area contributed by atoms with Gasteiger partial charge in [-0.05, 0) is 55.0 Å². The number of halogens is 1. The molecule has 5 nitrogen and oxygen atoms in total. The lowest BCUT2D eigenvalue weighted by Gasteiger charge is -2.21. The highest BCUT2D eigenvalue weighted by Gasteiger charge is 2.38. The van der Waals surface area contributed by atoms with Crippen LogP contribution in [-0.4, -0.2) is 24.0 Å². The van der Waals surface area contributed by atoms with E-state index in [-0.39, 0.29) is 11.3 Å². The Kier molecular flexibility index (Phi) is 4.82. The summed E-state index contributed by atoms with van der Waals surface area (Å²) in [6, 6.07) is 13.4. The van der Waals surface area contributed by atoms with Crippen molar-refractivity contribution in [1.82, 2.24) is 0 Å². The molecule has 0 unspecified atom stereocenters. The Bertz CT molecular complexity index is 927. The number of hydrogen-bond acceptors (Lipinski definition) is 5. The fraction of sp³-hybridized carbons (Fsp3) is 0.100. The summed E-state index contributed by atoms with van der Waals surface area (Å²) in [5.41, 5.74) is 2.20. The fourth-order valence-electron chi connectivity index (χ4n) is 2.81. The van der Waals surface area contributed by atoms with Crippen molar-refractivity contribution >= 4 is 35.1 Å². The van der Waals surface area contributed by atoms with E-state index in [0.717, 1.165) is 0 Å². The van der Waals surface area contributed by atoms with Crippen molar-refractivity contribution in [3.05, 3.63) is 76.1 Å². The van der Waals surface area contributed by atoms with Crippen LogP contribution in [0.25, 0.3) is 6.08 Å². The minimum Gasteiger partial charge on any atom is -0.508 e. The standard InChI is InChI=1S/C20H16ClNO4/c1-12-18(20(25)26-2)19(24)17(11-13-3-9-16(23)10-4-13)22(12)15-7-5-14(21)6-8-15/h3-11,23H,1-2H3. The third-order valence-electron chi connectivity index (χ3n) is 4.07. The first kappa shape index (κ1) is 17.8. The molecule has 0 saturated heterocycles. The van der Waals surface area contributed by atoms with E-state index in [1.54, 1.807) is 54.3 Å². The summed E-state index contributed by atoms with van der Waals surface area (Å²) in [5, 5.41) is 10.0. The number of phenols is 1. The number of Topliss-reactive ketones (excluding diaryl/α,β-unsaturated/α-hetero) is 1. The third-order valence-corrected chi connectivity index (χ3v) is 4.32. The Hall–Kier alpha value is -3.05. The molecule has 3 rings (SSSR count). The molecule has 26 heavy (non-hydrogen) atoms. The van der Waals surface area contributed by atoms with Crippen molar-refractivity contribution < 1.29 is 19.4 Å². The largest absolute Gasteiger partial charge is 0.508 e. The summed E-state index contributed by atoms with van der Waals surface area (Å²) in [6.45, 7) is 1.69. The first-order chi connectivity index (χ1) is 12.4. The molecule has 1 N–H and O–H groups in total. The van der Waals surface area contributed by atoms with Crippen LogP contribution >= 0.6 is 11.6 Å². The van der Waals surface area contributed by atoms with Gasteiger partial charge in [-0.15, -0.1) is 0 Å². The number of anilines is 1. The Balaban J connectivity index is 2.14. The first-order valence-corrected chi connectivity index (χ1v) is 8.20. The highest BCUT2D eigenvalue weighted by atomic mass is 35.5. The molecule has 1 heterocycles. The second-order valence-corrected chi connectivity index (χ2v) is 6.15. The number of rotatable bonds is 3. The van der Waals surface area contributed by atoms with Crippen molar-refractivity contribution in [2.24, 2.45) is 0 Å². The van der Waals surface area contributed by atoms with Crippen molar-refractivity contribution in [2.45, 2.75) is 6.92 Å². The predicted molar refractivity (Wildman–Crippen MR) is 99.7 cm³/mol. The molecule has 0 aliphatic carbocycles. The molecule has 1 aliphatic rings. The summed E-state index contributed by atoms with van der Waals surface area (Å²) >= 11 is 5.96. The Morgan fingerprint density at radius 2 is 1.73 bits per heavy atom. The van der Waals surface area contributed by atoms with Crippen LogP contribution < -0.4 is 4.90 Å². The zero-order chi connectivity index (χ0) is 18.8. The van der Waals surface area contributed by atoms with Crippen LogP contribution in [0.5, 0.6) is 5.75 Å². The molecule has 0 bridgehead atoms. The number of hydrogen-bond donors (Lipinski definition) is 1. The second kappa shape index (κ2) is 7.06. The molecular formula is C20H16ClNO4. The van der Waals surface area contributed by atoms with Crippen molar-refractivity contribution in [3.8, 4) is 5.75 Å². The average Bonchev–Trinajstić information content (AvgIpc) is 2.87. The Morgan fingerprint density at radius 1 is 1.12 bits per heavy atom. The minimum atomic E-state index is -0.680. The van der Waals surface area contributed by atoms with Crippen LogP contribution in [0.1, 0.15) is 12.5 Å². The van der Waals surface area contributed by atoms with Crippen LogP contribution in [0.2, 0.25) is 5.02 Å². The first-order valence-electron chi connectivity index (χ1n) is 7.82. The molecule has 2 aromatic carbocycles. The fourth-order valence-corrected chi connectivity index (χ4v) is 2.94. The molecule has 0 saturated carbocycles. The quantitative estimate of drug-likeness (QED) is 0.504. The number of ketones is 1. The number of carbonyl (C=O) groups is 2. The van der Waals surface area contributed by atoms with E-state index < -0.39 is 11.8 Å². The number of benzene rings is 2. The molecule has 0 radical (unpaired) electrons. The summed E-state index contributed by atoms with van der Waals surface area (Å²) in [4.78, 5) is 26.7. The smallest absolute Gasteiger partial charge is 0.343 e. The highest BCUT2D eigenvalue weighted by Crippen LogP contribution is 2.36. The van der Waals surface area contributed by atoms with E-state index in [9.17, 15) is 14.7 Å². The molecule has 6 heteroatoms. The minimum absolute atomic E-state index is 0.00696. The lowest BCUT2D eigenvalue weighted by Crippen LogP contribution is -2.18. The Morgan fingerprint density at radius 3 is 2.31 bits per heavy atom. The van der Waals surface area contributed by atoms with Crippen molar-refractivity contribution in [3.63, 3.8) is 0 Å². The van der Waals surface area contributed by atoms with E-state index in [2.05, 4.69) is 0 Å². The van der Waals surface area contributed by atoms with Crippen LogP contribution in [0, 0.1) is 0 Å².